The molecular formula is C15H29N5O. The number of nitrogens with two attached hydrogens (primary N) is 1. The van der Waals surface area contributed by atoms with Gasteiger partial charge in [-0.15, -0.1) is 0 Å². The van der Waals surface area contributed by atoms with Crippen molar-refractivity contribution in [3.63, 3.8) is 0 Å². The molecule has 5 N–H and O–H groups in total. The topological polar surface area (TPSA) is 96.1 Å². The van der Waals surface area contributed by atoms with Crippen molar-refractivity contribution in [2.75, 3.05) is 17.3 Å². The Kier molecular flexibility index (Phi) is 5.53. The van der Waals surface area contributed by atoms with Gasteiger partial charge >= 0.3 is 0 Å². The molecule has 1 aromatic rings. The first-order valence-corrected chi connectivity index (χ1v) is 7.41. The lowest BCUT2D eigenvalue weighted by Crippen LogP contribution is -2.36. The minimum atomic E-state index is -0.213. The normalized spacial score (nSPS) is 14.7. The van der Waals surface area contributed by atoms with E-state index >= 15 is 0 Å². The first-order chi connectivity index (χ1) is 9.66. The monoisotopic (exact) mass is 295 g/mol. The smallest absolute Gasteiger partial charge is 0.148 e. The van der Waals surface area contributed by atoms with Gasteiger partial charge in [0.2, 0.25) is 0 Å². The molecule has 0 saturated heterocycles. The Morgan fingerprint density at radius 3 is 2.14 bits per heavy atom. The molecule has 0 bridgehead atoms. The van der Waals surface area contributed by atoms with Crippen molar-refractivity contribution in [3.8, 4) is 0 Å². The van der Waals surface area contributed by atoms with Crippen molar-refractivity contribution in [1.29, 1.82) is 0 Å². The van der Waals surface area contributed by atoms with Crippen LogP contribution in [0.4, 0.5) is 11.6 Å². The molecule has 0 fully saturated rings. The summed E-state index contributed by atoms with van der Waals surface area (Å²) in [6.45, 7) is 12.4. The lowest BCUT2D eigenvalue weighted by molar-refractivity contribution is 0.251. The highest BCUT2D eigenvalue weighted by Crippen LogP contribution is 2.29. The van der Waals surface area contributed by atoms with Gasteiger partial charge in [0.25, 0.3) is 0 Å². The van der Waals surface area contributed by atoms with Crippen LogP contribution in [0.15, 0.2) is 0 Å². The van der Waals surface area contributed by atoms with Crippen LogP contribution in [0.1, 0.15) is 58.8 Å². The fraction of sp³-hybridized carbons (Fsp3) is 0.733. The number of aliphatic hydroxyl groups is 1. The highest BCUT2D eigenvalue weighted by molar-refractivity contribution is 5.58. The zero-order chi connectivity index (χ0) is 16.3. The largest absolute Gasteiger partial charge is 0.396 e. The van der Waals surface area contributed by atoms with Crippen LogP contribution < -0.4 is 16.6 Å². The summed E-state index contributed by atoms with van der Waals surface area (Å²) in [5, 5.41) is 12.7. The first-order valence-electron chi connectivity index (χ1n) is 7.41. The van der Waals surface area contributed by atoms with Crippen molar-refractivity contribution < 1.29 is 5.11 Å². The molecule has 0 aliphatic rings. The number of anilines is 2. The minimum absolute atomic E-state index is 0.135. The summed E-state index contributed by atoms with van der Waals surface area (Å²) < 4.78 is 0. The molecule has 6 heteroatoms. The van der Waals surface area contributed by atoms with Crippen molar-refractivity contribution in [1.82, 2.24) is 9.97 Å². The Bertz CT molecular complexity index is 484. The van der Waals surface area contributed by atoms with E-state index in [1.54, 1.807) is 0 Å². The van der Waals surface area contributed by atoms with Crippen LogP contribution in [0.5, 0.6) is 0 Å². The molecule has 21 heavy (non-hydrogen) atoms. The second-order valence-electron chi connectivity index (χ2n) is 6.78. The molecule has 6 nitrogen and oxygen atoms in total. The molecule has 1 unspecified atom stereocenters. The molecule has 0 aliphatic heterocycles. The number of nitrogens with zero attached hydrogens (tertiary/aromatic N) is 2. The summed E-state index contributed by atoms with van der Waals surface area (Å²) in [6, 6.07) is 0. The first kappa shape index (κ1) is 17.7. The maximum Gasteiger partial charge on any atom is 0.148 e. The zero-order valence-corrected chi connectivity index (χ0v) is 14.0. The molecule has 0 aliphatic carbocycles. The quantitative estimate of drug-likeness (QED) is 0.475. The molecule has 0 aromatic carbocycles. The summed E-state index contributed by atoms with van der Waals surface area (Å²) in [5.74, 6) is 7.70. The van der Waals surface area contributed by atoms with Crippen LogP contribution >= 0.6 is 0 Å². The minimum Gasteiger partial charge on any atom is -0.396 e. The summed E-state index contributed by atoms with van der Waals surface area (Å²) in [4.78, 5) is 9.16. The highest BCUT2D eigenvalue weighted by atomic mass is 16.3. The maximum absolute atomic E-state index is 9.26. The van der Waals surface area contributed by atoms with Crippen LogP contribution in [0.25, 0.3) is 0 Å². The Morgan fingerprint density at radius 2 is 1.71 bits per heavy atom. The third-order valence-corrected chi connectivity index (χ3v) is 3.82. The van der Waals surface area contributed by atoms with Crippen LogP contribution in [0.3, 0.4) is 0 Å². The van der Waals surface area contributed by atoms with Crippen molar-refractivity contribution in [3.05, 3.63) is 11.4 Å². The highest BCUT2D eigenvalue weighted by Gasteiger charge is 2.26. The van der Waals surface area contributed by atoms with E-state index in [9.17, 15) is 5.11 Å². The van der Waals surface area contributed by atoms with Gasteiger partial charge in [-0.3, -0.25) is 0 Å². The SMILES string of the molecule is CCC(C)(CCO)Nc1nc(C(C)(C)C)nc(NN)c1C. The molecule has 0 spiro atoms. The number of nitrogens with one attached hydrogen (secondary N) is 2. The van der Waals surface area contributed by atoms with Crippen molar-refractivity contribution >= 4 is 11.6 Å². The molecular weight excluding hydrogens is 266 g/mol. The van der Waals surface area contributed by atoms with Gasteiger partial charge in [-0.1, -0.05) is 27.7 Å². The predicted molar refractivity (Wildman–Crippen MR) is 87.3 cm³/mol. The molecule has 120 valence electrons. The lowest BCUT2D eigenvalue weighted by atomic mass is 9.94. The second-order valence-corrected chi connectivity index (χ2v) is 6.78. The fourth-order valence-corrected chi connectivity index (χ4v) is 1.97. The van der Waals surface area contributed by atoms with E-state index in [1.807, 2.05) is 6.92 Å². The van der Waals surface area contributed by atoms with E-state index in [-0.39, 0.29) is 17.6 Å². The van der Waals surface area contributed by atoms with Crippen molar-refractivity contribution in [2.45, 2.75) is 65.3 Å². The van der Waals surface area contributed by atoms with Crippen LogP contribution in [0, 0.1) is 6.92 Å². The van der Waals surface area contributed by atoms with Gasteiger partial charge in [0.15, 0.2) is 0 Å². The number of hydrogen-bond acceptors (Lipinski definition) is 6. The van der Waals surface area contributed by atoms with Gasteiger partial charge in [-0.25, -0.2) is 15.8 Å². The molecule has 1 rings (SSSR count). The zero-order valence-electron chi connectivity index (χ0n) is 14.0. The van der Waals surface area contributed by atoms with Crippen molar-refractivity contribution in [2.24, 2.45) is 5.84 Å². The maximum atomic E-state index is 9.26. The molecule has 1 aromatic heterocycles. The summed E-state index contributed by atoms with van der Waals surface area (Å²) >= 11 is 0. The van der Waals surface area contributed by atoms with Gasteiger partial charge in [0, 0.05) is 23.1 Å². The van der Waals surface area contributed by atoms with Gasteiger partial charge in [0.05, 0.1) is 0 Å². The average molecular weight is 295 g/mol. The number of aliphatic hydroxyl groups excluding tert-OH is 1. The molecule has 0 saturated carbocycles. The third kappa shape index (κ3) is 4.28. The number of nitrogen functional groups attached to an aromatic ring is 1. The molecule has 1 atom stereocenters. The summed E-state index contributed by atoms with van der Waals surface area (Å²) in [7, 11) is 0. The number of hydrazine groups is 1. The molecule has 1 heterocycles. The molecule has 0 amide bonds. The molecule has 0 radical (unpaired) electrons. The van der Waals surface area contributed by atoms with Gasteiger partial charge < -0.3 is 15.8 Å². The van der Waals surface area contributed by atoms with Gasteiger partial charge in [-0.2, -0.15) is 0 Å². The van der Waals surface area contributed by atoms with Crippen LogP contribution in [0.2, 0.25) is 0 Å². The Hall–Kier alpha value is -1.40. The van der Waals surface area contributed by atoms with Crippen LogP contribution in [-0.4, -0.2) is 27.2 Å². The van der Waals surface area contributed by atoms with Gasteiger partial charge in [-0.05, 0) is 26.7 Å². The fourth-order valence-electron chi connectivity index (χ4n) is 1.97. The van der Waals surface area contributed by atoms with E-state index < -0.39 is 0 Å². The average Bonchev–Trinajstić information content (AvgIpc) is 2.40. The van der Waals surface area contributed by atoms with E-state index in [2.05, 4.69) is 55.3 Å². The Morgan fingerprint density at radius 1 is 1.14 bits per heavy atom. The second kappa shape index (κ2) is 6.58. The van der Waals surface area contributed by atoms with Crippen LogP contribution in [-0.2, 0) is 5.41 Å². The Balaban J connectivity index is 3.28. The van der Waals surface area contributed by atoms with E-state index in [1.165, 1.54) is 0 Å². The Labute approximate surface area is 127 Å². The van der Waals surface area contributed by atoms with E-state index in [4.69, 9.17) is 5.84 Å². The standard InChI is InChI=1S/C15H29N5O/c1-7-15(6,8-9-21)19-11-10(2)12(20-16)18-13(17-11)14(3,4)5/h21H,7-9,16H2,1-6H3,(H2,17,18,19,20). The summed E-state index contributed by atoms with van der Waals surface area (Å²) in [6.07, 6.45) is 1.54. The third-order valence-electron chi connectivity index (χ3n) is 3.82. The number of hydrogen-bond donors (Lipinski definition) is 4. The number of rotatable bonds is 6. The number of aromatic nitrogens is 2. The van der Waals surface area contributed by atoms with Gasteiger partial charge in [0.1, 0.15) is 17.5 Å². The predicted octanol–water partition coefficient (Wildman–Crippen LogP) is 2.33. The lowest BCUT2D eigenvalue weighted by Gasteiger charge is -2.31. The van der Waals surface area contributed by atoms with E-state index in [0.717, 1.165) is 23.6 Å². The van der Waals surface area contributed by atoms with E-state index in [0.29, 0.717) is 12.2 Å². The summed E-state index contributed by atoms with van der Waals surface area (Å²) in [5.41, 5.74) is 3.14.